The van der Waals surface area contributed by atoms with Gasteiger partial charge in [0.1, 0.15) is 5.52 Å². The zero-order chi connectivity index (χ0) is 7.84. The van der Waals surface area contributed by atoms with Gasteiger partial charge >= 0.3 is 0 Å². The summed E-state index contributed by atoms with van der Waals surface area (Å²) < 4.78 is 2.44. The van der Waals surface area contributed by atoms with Gasteiger partial charge in [-0.3, -0.25) is 0 Å². The first-order valence-electron chi connectivity index (χ1n) is 3.05. The minimum Gasteiger partial charge on any atom is -0.345 e. The molecule has 0 saturated carbocycles. The Hall–Kier alpha value is 0.150. The van der Waals surface area contributed by atoms with Crippen molar-refractivity contribution in [3.05, 3.63) is 25.6 Å². The molecule has 1 aromatic heterocycles. The Bertz CT molecular complexity index is 394. The third kappa shape index (κ3) is 1.37. The molecule has 11 heavy (non-hydrogen) atoms. The van der Waals surface area contributed by atoms with E-state index in [1.165, 1.54) is 7.14 Å². The summed E-state index contributed by atoms with van der Waals surface area (Å²) in [6.45, 7) is 0. The van der Waals surface area contributed by atoms with E-state index in [9.17, 15) is 0 Å². The minimum absolute atomic E-state index is 1.06. The normalized spacial score (nSPS) is 10.7. The van der Waals surface area contributed by atoms with Crippen LogP contribution in [0, 0.1) is 7.14 Å². The molecule has 0 amide bonds. The summed E-state index contributed by atoms with van der Waals surface area (Å²) in [4.78, 5) is 7.27. The van der Waals surface area contributed by atoms with E-state index in [0.717, 1.165) is 11.0 Å². The molecule has 0 fully saturated rings. The number of aromatic amines is 1. The van der Waals surface area contributed by atoms with Gasteiger partial charge in [0, 0.05) is 7.14 Å². The fraction of sp³-hybridized carbons (Fsp3) is 0. The highest BCUT2D eigenvalue weighted by Crippen LogP contribution is 2.20. The van der Waals surface area contributed by atoms with Gasteiger partial charge in [-0.2, -0.15) is 0 Å². The minimum atomic E-state index is 1.06. The van der Waals surface area contributed by atoms with E-state index < -0.39 is 0 Å². The molecular formula is C7H4I2N2. The zero-order valence-corrected chi connectivity index (χ0v) is 9.75. The molecule has 56 valence electrons. The summed E-state index contributed by atoms with van der Waals surface area (Å²) in [6, 6.07) is 4.20. The maximum atomic E-state index is 4.19. The van der Waals surface area contributed by atoms with Gasteiger partial charge in [-0.25, -0.2) is 4.98 Å². The van der Waals surface area contributed by atoms with Crippen LogP contribution in [0.5, 0.6) is 0 Å². The van der Waals surface area contributed by atoms with Gasteiger partial charge in [0.05, 0.1) is 11.8 Å². The van der Waals surface area contributed by atoms with Crippen LogP contribution in [0.2, 0.25) is 0 Å². The molecule has 0 radical (unpaired) electrons. The predicted octanol–water partition coefficient (Wildman–Crippen LogP) is 2.77. The molecule has 4 heteroatoms. The standard InChI is InChI=1S/C7H4I2N2/c8-4-1-5(9)7-6(2-4)10-3-11-7/h1-3H,(H,10,11). The molecular weight excluding hydrogens is 366 g/mol. The van der Waals surface area contributed by atoms with E-state index in [1.807, 2.05) is 0 Å². The third-order valence-corrected chi connectivity index (χ3v) is 2.89. The van der Waals surface area contributed by atoms with Crippen LogP contribution in [0.15, 0.2) is 18.5 Å². The lowest BCUT2D eigenvalue weighted by Gasteiger charge is -1.93. The first-order chi connectivity index (χ1) is 5.27. The molecule has 0 aliphatic heterocycles. The van der Waals surface area contributed by atoms with Crippen LogP contribution in [-0.4, -0.2) is 9.97 Å². The predicted molar refractivity (Wildman–Crippen MR) is 61.5 cm³/mol. The van der Waals surface area contributed by atoms with Crippen LogP contribution in [0.4, 0.5) is 0 Å². The molecule has 2 rings (SSSR count). The lowest BCUT2D eigenvalue weighted by molar-refractivity contribution is 1.34. The van der Waals surface area contributed by atoms with Crippen molar-refractivity contribution in [2.45, 2.75) is 0 Å². The number of aromatic nitrogens is 2. The van der Waals surface area contributed by atoms with E-state index >= 15 is 0 Å². The van der Waals surface area contributed by atoms with Crippen molar-refractivity contribution in [3.8, 4) is 0 Å². The molecule has 2 nitrogen and oxygen atoms in total. The number of hydrogen-bond acceptors (Lipinski definition) is 1. The van der Waals surface area contributed by atoms with Gasteiger partial charge in [0.25, 0.3) is 0 Å². The fourth-order valence-electron chi connectivity index (χ4n) is 0.974. The average Bonchev–Trinajstić information content (AvgIpc) is 2.34. The fourth-order valence-corrected chi connectivity index (χ4v) is 2.96. The molecule has 0 aliphatic carbocycles. The Morgan fingerprint density at radius 1 is 1.27 bits per heavy atom. The second-order valence-electron chi connectivity index (χ2n) is 2.19. The average molecular weight is 370 g/mol. The van der Waals surface area contributed by atoms with Crippen LogP contribution in [0.3, 0.4) is 0 Å². The van der Waals surface area contributed by atoms with Crippen molar-refractivity contribution >= 4 is 56.2 Å². The summed E-state index contributed by atoms with van der Waals surface area (Å²) in [5.74, 6) is 0. The van der Waals surface area contributed by atoms with Crippen molar-refractivity contribution in [2.24, 2.45) is 0 Å². The third-order valence-electron chi connectivity index (χ3n) is 1.44. The highest BCUT2D eigenvalue weighted by Gasteiger charge is 2.01. The monoisotopic (exact) mass is 370 g/mol. The largest absolute Gasteiger partial charge is 0.345 e. The molecule has 1 N–H and O–H groups in total. The summed E-state index contributed by atoms with van der Waals surface area (Å²) in [7, 11) is 0. The van der Waals surface area contributed by atoms with Crippen molar-refractivity contribution < 1.29 is 0 Å². The van der Waals surface area contributed by atoms with Crippen LogP contribution in [0.1, 0.15) is 0 Å². The van der Waals surface area contributed by atoms with Crippen molar-refractivity contribution in [1.29, 1.82) is 0 Å². The molecule has 0 unspecified atom stereocenters. The summed E-state index contributed by atoms with van der Waals surface area (Å²) in [5, 5.41) is 0. The molecule has 0 spiro atoms. The smallest absolute Gasteiger partial charge is 0.102 e. The number of nitrogens with zero attached hydrogens (tertiary/aromatic N) is 1. The van der Waals surface area contributed by atoms with Crippen molar-refractivity contribution in [2.75, 3.05) is 0 Å². The summed E-state index contributed by atoms with van der Waals surface area (Å²) in [5.41, 5.74) is 2.17. The summed E-state index contributed by atoms with van der Waals surface area (Å²) in [6.07, 6.45) is 1.73. The van der Waals surface area contributed by atoms with Crippen LogP contribution in [-0.2, 0) is 0 Å². The number of rotatable bonds is 0. The Balaban J connectivity index is 2.91. The maximum absolute atomic E-state index is 4.19. The molecule has 0 atom stereocenters. The van der Waals surface area contributed by atoms with E-state index in [0.29, 0.717) is 0 Å². The molecule has 0 saturated heterocycles. The van der Waals surface area contributed by atoms with E-state index in [2.05, 4.69) is 67.3 Å². The van der Waals surface area contributed by atoms with Gasteiger partial charge in [-0.15, -0.1) is 0 Å². The van der Waals surface area contributed by atoms with Crippen LogP contribution < -0.4 is 0 Å². The SMILES string of the molecule is Ic1cc(I)c2nc[nH]c2c1. The molecule has 1 aromatic carbocycles. The molecule has 0 aliphatic rings. The lowest BCUT2D eigenvalue weighted by atomic mass is 10.3. The molecule has 2 aromatic rings. The van der Waals surface area contributed by atoms with E-state index in [4.69, 9.17) is 0 Å². The molecule has 1 heterocycles. The van der Waals surface area contributed by atoms with Crippen LogP contribution in [0.25, 0.3) is 11.0 Å². The van der Waals surface area contributed by atoms with E-state index in [-0.39, 0.29) is 0 Å². The second-order valence-corrected chi connectivity index (χ2v) is 4.59. The quantitative estimate of drug-likeness (QED) is 0.711. The number of nitrogens with one attached hydrogen (secondary N) is 1. The number of hydrogen-bond donors (Lipinski definition) is 1. The summed E-state index contributed by atoms with van der Waals surface area (Å²) >= 11 is 4.59. The van der Waals surface area contributed by atoms with Crippen LogP contribution >= 0.6 is 45.2 Å². The zero-order valence-electron chi connectivity index (χ0n) is 5.44. The maximum Gasteiger partial charge on any atom is 0.102 e. The Morgan fingerprint density at radius 3 is 2.91 bits per heavy atom. The van der Waals surface area contributed by atoms with Crippen molar-refractivity contribution in [3.63, 3.8) is 0 Å². The number of benzene rings is 1. The van der Waals surface area contributed by atoms with E-state index in [1.54, 1.807) is 6.33 Å². The highest BCUT2D eigenvalue weighted by molar-refractivity contribution is 14.1. The number of fused-ring (bicyclic) bond motifs is 1. The van der Waals surface area contributed by atoms with Crippen molar-refractivity contribution in [1.82, 2.24) is 9.97 Å². The topological polar surface area (TPSA) is 28.7 Å². The number of halogens is 2. The van der Waals surface area contributed by atoms with Gasteiger partial charge in [-0.05, 0) is 57.3 Å². The van der Waals surface area contributed by atoms with Gasteiger partial charge in [0.15, 0.2) is 0 Å². The van der Waals surface area contributed by atoms with Gasteiger partial charge < -0.3 is 4.98 Å². The first kappa shape index (κ1) is 7.78. The van der Waals surface area contributed by atoms with Gasteiger partial charge in [0.2, 0.25) is 0 Å². The molecule has 0 bridgehead atoms. The highest BCUT2D eigenvalue weighted by atomic mass is 127. The Kier molecular flexibility index (Phi) is 2.04. The number of H-pyrrole nitrogens is 1. The number of imidazole rings is 1. The lowest BCUT2D eigenvalue weighted by Crippen LogP contribution is -1.78. The second kappa shape index (κ2) is 2.89. The van der Waals surface area contributed by atoms with Gasteiger partial charge in [-0.1, -0.05) is 0 Å². The Labute approximate surface area is 91.1 Å². The Morgan fingerprint density at radius 2 is 2.09 bits per heavy atom. The first-order valence-corrected chi connectivity index (χ1v) is 5.21.